The second-order valence-electron chi connectivity index (χ2n) is 16.2. The molecule has 0 bridgehead atoms. The van der Waals surface area contributed by atoms with Gasteiger partial charge in [0, 0.05) is 36.0 Å². The molecule has 59 heavy (non-hydrogen) atoms. The number of ether oxygens (including phenoxy) is 3. The zero-order valence-electron chi connectivity index (χ0n) is 33.5. The molecule has 1 unspecified atom stereocenters. The van der Waals surface area contributed by atoms with Crippen LogP contribution in [0.1, 0.15) is 79.6 Å². The molecule has 1 saturated heterocycles. The number of hydrogen-bond acceptors (Lipinski definition) is 10. The number of sulfonamides is 1. The summed E-state index contributed by atoms with van der Waals surface area (Å²) >= 11 is 0. The lowest BCUT2D eigenvalue weighted by Crippen LogP contribution is -2.65. The van der Waals surface area contributed by atoms with Crippen molar-refractivity contribution in [1.82, 2.24) is 24.8 Å². The number of nitrogens with zero attached hydrogens (tertiary/aromatic N) is 3. The van der Waals surface area contributed by atoms with Crippen LogP contribution in [-0.2, 0) is 29.1 Å². The van der Waals surface area contributed by atoms with E-state index >= 15 is 8.78 Å². The molecular formula is C39H49F4N5O10S. The van der Waals surface area contributed by atoms with Gasteiger partial charge >= 0.3 is 12.1 Å². The van der Waals surface area contributed by atoms with Crippen LogP contribution in [0.3, 0.4) is 0 Å². The standard InChI is InChI=1S/C39H49F4N5O10S/c1-7-21(2)47(35(52)53)30-23(4)57-22(3)10-8-9-11-24-18-38(24,34(51)46-59(54,55)37(20-40)13-14-37)45-31(49)28-19-36(5,39(42,43)48(28)33(30)50)58-32-27-16-25(41)17-29(56-6)26(27)12-15-44-32/h9,11-12,15-17,21-24,28,30H,7-8,10,13-14,18-20H2,1-6H3,(H,45,49)(H,46,51)(H,52,53)/b11-9-/t21?,22-,23+,24-,28+,30+,36-,38-/m1/s1. The maximum atomic E-state index is 17.5. The van der Waals surface area contributed by atoms with Gasteiger partial charge in [0.25, 0.3) is 11.8 Å². The minimum atomic E-state index is -4.59. The second kappa shape index (κ2) is 15.7. The third kappa shape index (κ3) is 7.66. The van der Waals surface area contributed by atoms with E-state index in [0.29, 0.717) is 17.7 Å². The minimum Gasteiger partial charge on any atom is -0.496 e. The van der Waals surface area contributed by atoms with E-state index in [4.69, 9.17) is 14.2 Å². The molecule has 4 amide bonds. The van der Waals surface area contributed by atoms with E-state index in [1.54, 1.807) is 26.0 Å². The van der Waals surface area contributed by atoms with Crippen molar-refractivity contribution in [2.24, 2.45) is 5.92 Å². The number of halogens is 4. The smallest absolute Gasteiger partial charge is 0.408 e. The number of hydrogen-bond donors (Lipinski definition) is 3. The Labute approximate surface area is 338 Å². The van der Waals surface area contributed by atoms with E-state index in [1.165, 1.54) is 33.2 Å². The molecule has 3 heterocycles. The molecule has 15 nitrogen and oxygen atoms in total. The third-order valence-corrected chi connectivity index (χ3v) is 14.3. The SMILES string of the molecule is CCC(C)N(C(=O)O)[C@@H]1C(=O)N2[C@@H](C[C@@](C)(Oc3nccc4c(OC)cc(F)cc34)C2(F)F)C(=O)N[C@]2(C(=O)NS(=O)(=O)C3(CF)CC3)C[C@H]2/C=C\CC[C@@H](C)O[C@H]1C. The van der Waals surface area contributed by atoms with E-state index in [0.717, 1.165) is 19.1 Å². The van der Waals surface area contributed by atoms with Crippen molar-refractivity contribution in [3.8, 4) is 11.6 Å². The molecule has 2 saturated carbocycles. The molecule has 0 spiro atoms. The van der Waals surface area contributed by atoms with Crippen LogP contribution in [0.5, 0.6) is 11.6 Å². The monoisotopic (exact) mass is 855 g/mol. The first-order valence-corrected chi connectivity index (χ1v) is 20.9. The largest absolute Gasteiger partial charge is 0.496 e. The molecule has 20 heteroatoms. The summed E-state index contributed by atoms with van der Waals surface area (Å²) in [4.78, 5) is 61.1. The predicted molar refractivity (Wildman–Crippen MR) is 203 cm³/mol. The first-order valence-electron chi connectivity index (χ1n) is 19.4. The molecule has 1 aromatic heterocycles. The highest BCUT2D eigenvalue weighted by atomic mass is 32.2. The van der Waals surface area contributed by atoms with Gasteiger partial charge < -0.3 is 24.6 Å². The van der Waals surface area contributed by atoms with Crippen molar-refractivity contribution in [2.75, 3.05) is 13.8 Å². The molecule has 0 radical (unpaired) electrons. The number of amides is 4. The number of alkyl halides is 3. The quantitative estimate of drug-likeness (QED) is 0.169. The second-order valence-corrected chi connectivity index (χ2v) is 18.3. The number of rotatable bonds is 10. The molecule has 3 N–H and O–H groups in total. The number of methoxy groups -OCH3 is 1. The van der Waals surface area contributed by atoms with E-state index in [-0.39, 0.29) is 47.1 Å². The summed E-state index contributed by atoms with van der Waals surface area (Å²) < 4.78 is 108. The lowest BCUT2D eigenvalue weighted by atomic mass is 9.99. The highest BCUT2D eigenvalue weighted by Crippen LogP contribution is 2.51. The van der Waals surface area contributed by atoms with Gasteiger partial charge in [-0.15, -0.1) is 0 Å². The number of benzene rings is 1. The lowest BCUT2D eigenvalue weighted by Gasteiger charge is -2.42. The summed E-state index contributed by atoms with van der Waals surface area (Å²) in [5.41, 5.74) is -4.87. The Bertz CT molecular complexity index is 2160. The normalized spacial score (nSPS) is 31.4. The van der Waals surface area contributed by atoms with E-state index in [1.807, 2.05) is 4.72 Å². The summed E-state index contributed by atoms with van der Waals surface area (Å²) in [6.45, 7) is 5.77. The molecule has 6 rings (SSSR count). The first kappa shape index (κ1) is 43.8. The number of carbonyl (C=O) groups is 4. The maximum absolute atomic E-state index is 17.5. The highest BCUT2D eigenvalue weighted by Gasteiger charge is 2.71. The fraction of sp³-hybridized carbons (Fsp3) is 0.615. The van der Waals surface area contributed by atoms with E-state index in [2.05, 4.69) is 10.3 Å². The topological polar surface area (TPSA) is 194 Å². The van der Waals surface area contributed by atoms with E-state index < -0.39 is 117 Å². The van der Waals surface area contributed by atoms with Crippen LogP contribution in [-0.4, -0.2) is 118 Å². The van der Waals surface area contributed by atoms with Gasteiger partial charge in [-0.2, -0.15) is 8.78 Å². The average Bonchev–Trinajstić information content (AvgIpc) is 4.09. The summed E-state index contributed by atoms with van der Waals surface area (Å²) in [6.07, 6.45) is 0.334. The Balaban J connectivity index is 1.49. The maximum Gasteiger partial charge on any atom is 0.408 e. The van der Waals surface area contributed by atoms with Crippen LogP contribution in [0.4, 0.5) is 22.4 Å². The van der Waals surface area contributed by atoms with Gasteiger partial charge in [0.2, 0.25) is 21.8 Å². The Hall–Kier alpha value is -4.72. The van der Waals surface area contributed by atoms with Gasteiger partial charge in [-0.1, -0.05) is 19.1 Å². The van der Waals surface area contributed by atoms with Crippen molar-refractivity contribution in [1.29, 1.82) is 0 Å². The number of allylic oxidation sites excluding steroid dienone is 1. The van der Waals surface area contributed by atoms with E-state index in [9.17, 15) is 41.5 Å². The molecule has 2 aliphatic carbocycles. The van der Waals surface area contributed by atoms with Crippen LogP contribution in [0.25, 0.3) is 10.8 Å². The molecule has 324 valence electrons. The number of fused-ring (bicyclic) bond motifs is 3. The number of aromatic nitrogens is 1. The summed E-state index contributed by atoms with van der Waals surface area (Å²) in [6, 6.07) is -6.05. The van der Waals surface area contributed by atoms with Gasteiger partial charge in [0.05, 0.1) is 24.7 Å². The Morgan fingerprint density at radius 2 is 1.88 bits per heavy atom. The van der Waals surface area contributed by atoms with Crippen LogP contribution >= 0.6 is 0 Å². The average molecular weight is 856 g/mol. The van der Waals surface area contributed by atoms with Crippen LogP contribution in [0, 0.1) is 11.7 Å². The zero-order chi connectivity index (χ0) is 43.5. The fourth-order valence-electron chi connectivity index (χ4n) is 8.08. The molecule has 2 aromatic rings. The molecule has 2 aliphatic heterocycles. The summed E-state index contributed by atoms with van der Waals surface area (Å²) in [5.74, 6) is -6.22. The Morgan fingerprint density at radius 3 is 2.49 bits per heavy atom. The molecule has 4 aliphatic rings. The molecule has 8 atom stereocenters. The Morgan fingerprint density at radius 1 is 1.19 bits per heavy atom. The lowest BCUT2D eigenvalue weighted by molar-refractivity contribution is -0.220. The van der Waals surface area contributed by atoms with Crippen LogP contribution in [0.15, 0.2) is 36.5 Å². The van der Waals surface area contributed by atoms with Crippen molar-refractivity contribution >= 4 is 44.6 Å². The number of carboxylic acid groups (broad SMARTS) is 1. The predicted octanol–water partition coefficient (Wildman–Crippen LogP) is 4.83. The van der Waals surface area contributed by atoms with Crippen molar-refractivity contribution in [3.63, 3.8) is 0 Å². The van der Waals surface area contributed by atoms with Gasteiger partial charge in [0.15, 0.2) is 5.60 Å². The van der Waals surface area contributed by atoms with Crippen LogP contribution < -0.4 is 19.5 Å². The van der Waals surface area contributed by atoms with Crippen molar-refractivity contribution in [2.45, 2.75) is 132 Å². The van der Waals surface area contributed by atoms with Crippen molar-refractivity contribution < 1.29 is 64.5 Å². The third-order valence-electron chi connectivity index (χ3n) is 12.1. The molecule has 3 fully saturated rings. The van der Waals surface area contributed by atoms with Gasteiger partial charge in [-0.3, -0.25) is 28.9 Å². The number of nitrogens with one attached hydrogen (secondary N) is 2. The first-order chi connectivity index (χ1) is 27.6. The summed E-state index contributed by atoms with van der Waals surface area (Å²) in [7, 11) is -3.32. The fourth-order valence-corrected chi connectivity index (χ4v) is 9.51. The number of pyridine rings is 1. The van der Waals surface area contributed by atoms with Crippen molar-refractivity contribution in [3.05, 3.63) is 42.4 Å². The van der Waals surface area contributed by atoms with Crippen LogP contribution in [0.2, 0.25) is 0 Å². The number of carbonyl (C=O) groups excluding carboxylic acids is 3. The molecule has 1 aromatic carbocycles. The van der Waals surface area contributed by atoms with Gasteiger partial charge in [-0.25, -0.2) is 27.0 Å². The molecular weight excluding hydrogens is 807 g/mol. The summed E-state index contributed by atoms with van der Waals surface area (Å²) in [5, 5.41) is 13.1. The zero-order valence-corrected chi connectivity index (χ0v) is 34.3. The Kier molecular flexibility index (Phi) is 11.7. The minimum absolute atomic E-state index is 0.0282. The van der Waals surface area contributed by atoms with Gasteiger partial charge in [0.1, 0.15) is 40.6 Å². The highest BCUT2D eigenvalue weighted by molar-refractivity contribution is 7.91. The van der Waals surface area contributed by atoms with Gasteiger partial charge in [-0.05, 0) is 78.4 Å².